The summed E-state index contributed by atoms with van der Waals surface area (Å²) in [5.74, 6) is 1.05. The first kappa shape index (κ1) is 9.97. The van der Waals surface area contributed by atoms with Gasteiger partial charge in [0.15, 0.2) is 0 Å². The zero-order valence-electron chi connectivity index (χ0n) is 9.29. The Morgan fingerprint density at radius 2 is 1.46 bits per heavy atom. The average Bonchev–Trinajstić information content (AvgIpc) is 2.60. The minimum absolute atomic E-state index is 0.392. The molecule has 4 atom stereocenters. The van der Waals surface area contributed by atoms with E-state index in [2.05, 4.69) is 20.8 Å². The molecule has 13 heavy (non-hydrogen) atoms. The molecule has 2 rings (SSSR count). The van der Waals surface area contributed by atoms with Gasteiger partial charge in [0.05, 0.1) is 0 Å². The third kappa shape index (κ3) is 1.80. The molecule has 1 heteroatoms. The summed E-state index contributed by atoms with van der Waals surface area (Å²) in [6, 6.07) is 0. The van der Waals surface area contributed by atoms with Crippen LogP contribution >= 0.6 is 7.92 Å². The summed E-state index contributed by atoms with van der Waals surface area (Å²) < 4.78 is 0. The van der Waals surface area contributed by atoms with E-state index >= 15 is 0 Å². The molecule has 1 aliphatic carbocycles. The van der Waals surface area contributed by atoms with Crippen LogP contribution in [0.3, 0.4) is 0 Å². The fourth-order valence-electron chi connectivity index (χ4n) is 3.44. The van der Waals surface area contributed by atoms with Crippen LogP contribution in [-0.4, -0.2) is 17.0 Å². The van der Waals surface area contributed by atoms with Gasteiger partial charge in [-0.3, -0.25) is 0 Å². The van der Waals surface area contributed by atoms with Gasteiger partial charge in [0.25, 0.3) is 0 Å². The Kier molecular flexibility index (Phi) is 2.98. The Hall–Kier alpha value is 0.430. The predicted octanol–water partition coefficient (Wildman–Crippen LogP) is 4.23. The Balaban J connectivity index is 2.05. The smallest absolute Gasteiger partial charge is 0.0179 e. The lowest BCUT2D eigenvalue weighted by atomic mass is 10.1. The molecule has 0 aromatic heterocycles. The van der Waals surface area contributed by atoms with E-state index in [1.165, 1.54) is 25.7 Å². The standard InChI is InChI=1S/C12H23P/c1-9-5-4-6-12(9)13-10(2)7-8-11(13)3/h9-12H,4-8H2,1-3H3/t9?,10-,11-,12?/m0/s1. The Morgan fingerprint density at radius 3 is 1.92 bits per heavy atom. The van der Waals surface area contributed by atoms with Gasteiger partial charge in [0.2, 0.25) is 0 Å². The molecule has 76 valence electrons. The van der Waals surface area contributed by atoms with Gasteiger partial charge in [-0.05, 0) is 42.2 Å². The van der Waals surface area contributed by atoms with Crippen LogP contribution in [-0.2, 0) is 0 Å². The van der Waals surface area contributed by atoms with Gasteiger partial charge in [-0.25, -0.2) is 0 Å². The molecule has 0 aromatic rings. The zero-order chi connectivity index (χ0) is 9.42. The van der Waals surface area contributed by atoms with Gasteiger partial charge in [0, 0.05) is 0 Å². The van der Waals surface area contributed by atoms with Crippen LogP contribution in [0.1, 0.15) is 52.9 Å². The molecule has 0 aromatic carbocycles. The molecular formula is C12H23P. The van der Waals surface area contributed by atoms with Crippen LogP contribution in [0.2, 0.25) is 0 Å². The number of rotatable bonds is 1. The van der Waals surface area contributed by atoms with Crippen LogP contribution < -0.4 is 0 Å². The Labute approximate surface area is 84.2 Å². The maximum atomic E-state index is 2.51. The summed E-state index contributed by atoms with van der Waals surface area (Å²) in [4.78, 5) is 0. The van der Waals surface area contributed by atoms with Crippen LogP contribution in [0, 0.1) is 5.92 Å². The van der Waals surface area contributed by atoms with E-state index in [1.807, 2.05) is 0 Å². The summed E-state index contributed by atoms with van der Waals surface area (Å²) in [7, 11) is 0.392. The summed E-state index contributed by atoms with van der Waals surface area (Å²) in [6.45, 7) is 7.53. The third-order valence-corrected chi connectivity index (χ3v) is 8.30. The monoisotopic (exact) mass is 198 g/mol. The Morgan fingerprint density at radius 1 is 0.846 bits per heavy atom. The highest BCUT2D eigenvalue weighted by Gasteiger charge is 2.39. The van der Waals surface area contributed by atoms with Crippen molar-refractivity contribution >= 4 is 7.92 Å². The third-order valence-electron chi connectivity index (χ3n) is 4.22. The van der Waals surface area contributed by atoms with Gasteiger partial charge in [-0.1, -0.05) is 41.5 Å². The second-order valence-corrected chi connectivity index (χ2v) is 8.52. The molecule has 1 saturated heterocycles. The van der Waals surface area contributed by atoms with Crippen molar-refractivity contribution in [1.29, 1.82) is 0 Å². The minimum atomic E-state index is 0.392. The van der Waals surface area contributed by atoms with Crippen molar-refractivity contribution in [2.24, 2.45) is 5.92 Å². The van der Waals surface area contributed by atoms with Gasteiger partial charge >= 0.3 is 0 Å². The molecule has 2 unspecified atom stereocenters. The molecule has 0 nitrogen and oxygen atoms in total. The lowest BCUT2D eigenvalue weighted by Crippen LogP contribution is -2.15. The van der Waals surface area contributed by atoms with E-state index in [-0.39, 0.29) is 0 Å². The highest BCUT2D eigenvalue weighted by atomic mass is 31.1. The second kappa shape index (κ2) is 3.89. The van der Waals surface area contributed by atoms with Gasteiger partial charge < -0.3 is 0 Å². The van der Waals surface area contributed by atoms with E-state index in [0.29, 0.717) is 7.92 Å². The van der Waals surface area contributed by atoms with E-state index in [4.69, 9.17) is 0 Å². The number of hydrogen-bond acceptors (Lipinski definition) is 0. The largest absolute Gasteiger partial charge is 0.0974 e. The Bertz CT molecular complexity index is 168. The molecule has 0 amide bonds. The van der Waals surface area contributed by atoms with Crippen LogP contribution in [0.4, 0.5) is 0 Å². The first-order valence-electron chi connectivity index (χ1n) is 5.97. The first-order valence-corrected chi connectivity index (χ1v) is 7.52. The van der Waals surface area contributed by atoms with Crippen molar-refractivity contribution in [1.82, 2.24) is 0 Å². The molecule has 0 N–H and O–H groups in total. The van der Waals surface area contributed by atoms with Crippen molar-refractivity contribution in [3.8, 4) is 0 Å². The molecular weight excluding hydrogens is 175 g/mol. The number of hydrogen-bond donors (Lipinski definition) is 0. The molecule has 1 heterocycles. The normalized spacial score (nSPS) is 47.3. The molecule has 2 fully saturated rings. The molecule has 2 aliphatic rings. The highest BCUT2D eigenvalue weighted by molar-refractivity contribution is 7.60. The quantitative estimate of drug-likeness (QED) is 0.553. The van der Waals surface area contributed by atoms with E-state index in [0.717, 1.165) is 22.9 Å². The minimum Gasteiger partial charge on any atom is -0.0974 e. The molecule has 1 saturated carbocycles. The maximum absolute atomic E-state index is 2.51. The van der Waals surface area contributed by atoms with Crippen molar-refractivity contribution in [3.63, 3.8) is 0 Å². The summed E-state index contributed by atoms with van der Waals surface area (Å²) in [5, 5.41) is 0. The van der Waals surface area contributed by atoms with Crippen LogP contribution in [0.15, 0.2) is 0 Å². The predicted molar refractivity (Wildman–Crippen MR) is 61.9 cm³/mol. The zero-order valence-corrected chi connectivity index (χ0v) is 10.2. The molecule has 0 bridgehead atoms. The first-order chi connectivity index (χ1) is 6.20. The van der Waals surface area contributed by atoms with Gasteiger partial charge in [0.1, 0.15) is 0 Å². The van der Waals surface area contributed by atoms with Crippen LogP contribution in [0.5, 0.6) is 0 Å². The summed E-state index contributed by atoms with van der Waals surface area (Å²) in [6.07, 6.45) is 7.64. The topological polar surface area (TPSA) is 0 Å². The molecule has 0 radical (unpaired) electrons. The SMILES string of the molecule is CC1CCCC1P1[C@@H](C)CC[C@@H]1C. The van der Waals surface area contributed by atoms with E-state index in [1.54, 1.807) is 6.42 Å². The average molecular weight is 198 g/mol. The van der Waals surface area contributed by atoms with Crippen molar-refractivity contribution in [3.05, 3.63) is 0 Å². The molecule has 0 spiro atoms. The van der Waals surface area contributed by atoms with Crippen molar-refractivity contribution in [2.45, 2.75) is 69.9 Å². The van der Waals surface area contributed by atoms with Crippen LogP contribution in [0.25, 0.3) is 0 Å². The summed E-state index contributed by atoms with van der Waals surface area (Å²) >= 11 is 0. The van der Waals surface area contributed by atoms with E-state index < -0.39 is 0 Å². The second-order valence-electron chi connectivity index (χ2n) is 5.20. The van der Waals surface area contributed by atoms with Gasteiger partial charge in [-0.15, -0.1) is 0 Å². The van der Waals surface area contributed by atoms with E-state index in [9.17, 15) is 0 Å². The fraction of sp³-hybridized carbons (Fsp3) is 1.00. The molecule has 1 aliphatic heterocycles. The maximum Gasteiger partial charge on any atom is -0.0179 e. The lowest BCUT2D eigenvalue weighted by molar-refractivity contribution is 0.615. The van der Waals surface area contributed by atoms with Gasteiger partial charge in [-0.2, -0.15) is 0 Å². The summed E-state index contributed by atoms with van der Waals surface area (Å²) in [5.41, 5.74) is 3.30. The van der Waals surface area contributed by atoms with Crippen molar-refractivity contribution < 1.29 is 0 Å². The highest BCUT2D eigenvalue weighted by Crippen LogP contribution is 2.63. The van der Waals surface area contributed by atoms with Crippen molar-refractivity contribution in [2.75, 3.05) is 0 Å². The lowest BCUT2D eigenvalue weighted by Gasteiger charge is -2.30. The fourth-order valence-corrected chi connectivity index (χ4v) is 7.73.